The first kappa shape index (κ1) is 13.5. The Morgan fingerprint density at radius 3 is 2.36 bits per heavy atom. The van der Waals surface area contributed by atoms with Crippen LogP contribution in [0.4, 0.5) is 0 Å². The third kappa shape index (κ3) is 6.96. The van der Waals surface area contributed by atoms with Gasteiger partial charge in [-0.1, -0.05) is 23.8 Å². The first-order valence-corrected chi connectivity index (χ1v) is 5.38. The minimum atomic E-state index is -0.139. The summed E-state index contributed by atoms with van der Waals surface area (Å²) in [5, 5.41) is -0.139. The van der Waals surface area contributed by atoms with Gasteiger partial charge in [-0.05, 0) is 39.0 Å². The number of carbonyl (C=O) groups excluding carboxylic acids is 1. The second kappa shape index (κ2) is 6.88. The summed E-state index contributed by atoms with van der Waals surface area (Å²) >= 11 is 3.33. The zero-order valence-electron chi connectivity index (χ0n) is 9.34. The van der Waals surface area contributed by atoms with Gasteiger partial charge in [-0.2, -0.15) is 0 Å². The van der Waals surface area contributed by atoms with Crippen molar-refractivity contribution in [3.63, 3.8) is 0 Å². The summed E-state index contributed by atoms with van der Waals surface area (Å²) in [6.45, 7) is 9.72. The van der Waals surface area contributed by atoms with Gasteiger partial charge in [0.05, 0.1) is 0 Å². The van der Waals surface area contributed by atoms with Crippen molar-refractivity contribution in [1.29, 1.82) is 0 Å². The van der Waals surface area contributed by atoms with E-state index in [0.717, 1.165) is 5.92 Å². The Kier molecular flexibility index (Phi) is 6.64. The molecule has 1 aliphatic rings. The van der Waals surface area contributed by atoms with Crippen LogP contribution >= 0.6 is 12.6 Å². The van der Waals surface area contributed by atoms with Crippen LogP contribution in [0.5, 0.6) is 0 Å². The first-order valence-electron chi connectivity index (χ1n) is 4.94. The highest BCUT2D eigenvalue weighted by molar-refractivity contribution is 7.96. The van der Waals surface area contributed by atoms with E-state index in [1.807, 2.05) is 0 Å². The molecule has 0 heterocycles. The van der Waals surface area contributed by atoms with Crippen molar-refractivity contribution < 1.29 is 4.79 Å². The van der Waals surface area contributed by atoms with Crippen molar-refractivity contribution in [1.82, 2.24) is 0 Å². The smallest absolute Gasteiger partial charge is 0.182 e. The number of rotatable bonds is 1. The van der Waals surface area contributed by atoms with Gasteiger partial charge in [-0.15, -0.1) is 12.6 Å². The summed E-state index contributed by atoms with van der Waals surface area (Å²) in [6, 6.07) is 0. The van der Waals surface area contributed by atoms with Crippen LogP contribution in [0, 0.1) is 5.92 Å². The third-order valence-corrected chi connectivity index (χ3v) is 2.33. The van der Waals surface area contributed by atoms with E-state index < -0.39 is 0 Å². The molecular weight excluding hydrogens is 192 g/mol. The number of allylic oxidation sites excluding steroid dienone is 3. The molecule has 1 rings (SSSR count). The zero-order valence-corrected chi connectivity index (χ0v) is 10.2. The standard InChI is InChI=1S/C10H16.C2H4OS/c1-8(2)10-6-4-9(3)5-7-10;1-2(3)4/h4,10H,1,5-7H2,2-3H3;1H3,(H,3,4). The predicted molar refractivity (Wildman–Crippen MR) is 65.6 cm³/mol. The van der Waals surface area contributed by atoms with E-state index in [1.165, 1.54) is 31.8 Å². The summed E-state index contributed by atoms with van der Waals surface area (Å²) in [6.07, 6.45) is 6.17. The maximum atomic E-state index is 9.31. The summed E-state index contributed by atoms with van der Waals surface area (Å²) in [5.74, 6) is 0.767. The fourth-order valence-electron chi connectivity index (χ4n) is 1.41. The van der Waals surface area contributed by atoms with Crippen molar-refractivity contribution in [3.8, 4) is 0 Å². The van der Waals surface area contributed by atoms with Crippen molar-refractivity contribution in [2.24, 2.45) is 5.92 Å². The van der Waals surface area contributed by atoms with Gasteiger partial charge in [0.25, 0.3) is 0 Å². The maximum absolute atomic E-state index is 9.31. The lowest BCUT2D eigenvalue weighted by atomic mass is 9.86. The molecule has 0 spiro atoms. The molecule has 14 heavy (non-hydrogen) atoms. The Bertz CT molecular complexity index is 237. The molecule has 0 bridgehead atoms. The fourth-order valence-corrected chi connectivity index (χ4v) is 1.41. The number of hydrogen-bond donors (Lipinski definition) is 1. The van der Waals surface area contributed by atoms with Crippen LogP contribution in [0.15, 0.2) is 23.8 Å². The molecule has 0 fully saturated rings. The molecule has 1 nitrogen and oxygen atoms in total. The number of thiol groups is 1. The number of hydrogen-bond acceptors (Lipinski definition) is 1. The van der Waals surface area contributed by atoms with E-state index in [9.17, 15) is 4.79 Å². The van der Waals surface area contributed by atoms with Crippen molar-refractivity contribution >= 4 is 17.7 Å². The Labute approximate surface area is 92.7 Å². The highest BCUT2D eigenvalue weighted by Gasteiger charge is 2.11. The molecule has 0 radical (unpaired) electrons. The molecule has 1 aliphatic carbocycles. The largest absolute Gasteiger partial charge is 0.288 e. The molecule has 1 atom stereocenters. The lowest BCUT2D eigenvalue weighted by Gasteiger charge is -2.19. The third-order valence-electron chi connectivity index (χ3n) is 2.33. The van der Waals surface area contributed by atoms with E-state index >= 15 is 0 Å². The van der Waals surface area contributed by atoms with Gasteiger partial charge in [-0.25, -0.2) is 0 Å². The van der Waals surface area contributed by atoms with E-state index in [1.54, 1.807) is 5.57 Å². The molecule has 2 heteroatoms. The van der Waals surface area contributed by atoms with Crippen molar-refractivity contribution in [2.45, 2.75) is 40.0 Å². The topological polar surface area (TPSA) is 17.1 Å². The minimum Gasteiger partial charge on any atom is -0.288 e. The zero-order chi connectivity index (χ0) is 11.1. The lowest BCUT2D eigenvalue weighted by molar-refractivity contribution is -0.108. The Balaban J connectivity index is 0.000000364. The highest BCUT2D eigenvalue weighted by atomic mass is 32.1. The Hall–Kier alpha value is -0.500. The van der Waals surface area contributed by atoms with Crippen molar-refractivity contribution in [2.75, 3.05) is 0 Å². The van der Waals surface area contributed by atoms with E-state index in [4.69, 9.17) is 0 Å². The van der Waals surface area contributed by atoms with E-state index in [2.05, 4.69) is 39.1 Å². The average Bonchev–Trinajstić information content (AvgIpc) is 2.03. The van der Waals surface area contributed by atoms with E-state index in [0.29, 0.717) is 0 Å². The van der Waals surface area contributed by atoms with Gasteiger partial charge < -0.3 is 0 Å². The molecule has 80 valence electrons. The second-order valence-corrected chi connectivity index (χ2v) is 4.52. The van der Waals surface area contributed by atoms with Gasteiger partial charge in [-0.3, -0.25) is 4.79 Å². The summed E-state index contributed by atoms with van der Waals surface area (Å²) in [4.78, 5) is 9.31. The molecule has 0 aliphatic heterocycles. The molecule has 0 aromatic rings. The average molecular weight is 212 g/mol. The van der Waals surface area contributed by atoms with E-state index in [-0.39, 0.29) is 5.12 Å². The molecule has 0 saturated carbocycles. The van der Waals surface area contributed by atoms with Crippen LogP contribution in [0.25, 0.3) is 0 Å². The molecule has 0 aromatic carbocycles. The molecule has 0 aromatic heterocycles. The van der Waals surface area contributed by atoms with Gasteiger partial charge in [0.2, 0.25) is 0 Å². The van der Waals surface area contributed by atoms with Crippen LogP contribution in [0.1, 0.15) is 40.0 Å². The van der Waals surface area contributed by atoms with Gasteiger partial charge >= 0.3 is 0 Å². The SMILES string of the molecule is C=C(C)C1CC=C(C)CC1.CC(=O)S. The highest BCUT2D eigenvalue weighted by Crippen LogP contribution is 2.27. The summed E-state index contributed by atoms with van der Waals surface area (Å²) in [5.41, 5.74) is 2.90. The Morgan fingerprint density at radius 1 is 1.57 bits per heavy atom. The normalized spacial score (nSPS) is 20.3. The van der Waals surface area contributed by atoms with Crippen LogP contribution in [-0.2, 0) is 4.79 Å². The quantitative estimate of drug-likeness (QED) is 0.517. The van der Waals surface area contributed by atoms with Crippen molar-refractivity contribution in [3.05, 3.63) is 23.8 Å². The second-order valence-electron chi connectivity index (χ2n) is 3.89. The first-order chi connectivity index (χ1) is 6.43. The molecule has 0 N–H and O–H groups in total. The Morgan fingerprint density at radius 2 is 2.07 bits per heavy atom. The maximum Gasteiger partial charge on any atom is 0.182 e. The van der Waals surface area contributed by atoms with Crippen LogP contribution < -0.4 is 0 Å². The molecular formula is C12H20OS. The number of carbonyl (C=O) groups is 1. The van der Waals surface area contributed by atoms with Gasteiger partial charge in [0.15, 0.2) is 5.12 Å². The van der Waals surface area contributed by atoms with Gasteiger partial charge in [0, 0.05) is 6.92 Å². The monoisotopic (exact) mass is 212 g/mol. The molecule has 0 saturated heterocycles. The lowest BCUT2D eigenvalue weighted by Crippen LogP contribution is -2.04. The molecule has 0 amide bonds. The predicted octanol–water partition coefficient (Wildman–Crippen LogP) is 3.77. The fraction of sp³-hybridized carbons (Fsp3) is 0.583. The van der Waals surface area contributed by atoms with Crippen LogP contribution in [0.3, 0.4) is 0 Å². The molecule has 1 unspecified atom stereocenters. The summed E-state index contributed by atoms with van der Waals surface area (Å²) in [7, 11) is 0. The summed E-state index contributed by atoms with van der Waals surface area (Å²) < 4.78 is 0. The van der Waals surface area contributed by atoms with Gasteiger partial charge in [0.1, 0.15) is 0 Å². The van der Waals surface area contributed by atoms with Crippen LogP contribution in [0.2, 0.25) is 0 Å². The minimum absolute atomic E-state index is 0.139. The van der Waals surface area contributed by atoms with Crippen LogP contribution in [-0.4, -0.2) is 5.12 Å².